The summed E-state index contributed by atoms with van der Waals surface area (Å²) in [5.41, 5.74) is 2.38. The Morgan fingerprint density at radius 1 is 0.875 bits per heavy atom. The Morgan fingerprint density at radius 2 is 1.44 bits per heavy atom. The van der Waals surface area contributed by atoms with Crippen molar-refractivity contribution in [1.29, 1.82) is 0 Å². The second-order valence-electron chi connectivity index (χ2n) is 6.36. The van der Waals surface area contributed by atoms with Gasteiger partial charge in [0.25, 0.3) is 0 Å². The van der Waals surface area contributed by atoms with Crippen molar-refractivity contribution in [1.82, 2.24) is 0 Å². The van der Waals surface area contributed by atoms with Crippen LogP contribution in [-0.4, -0.2) is 0 Å². The van der Waals surface area contributed by atoms with Crippen LogP contribution in [0.1, 0.15) is 78.1 Å². The van der Waals surface area contributed by atoms with Gasteiger partial charge in [0.2, 0.25) is 0 Å². The molecule has 2 aliphatic carbocycles. The van der Waals surface area contributed by atoms with Crippen molar-refractivity contribution in [2.45, 2.75) is 78.1 Å². The quantitative estimate of drug-likeness (QED) is 0.513. The molecule has 2 rings (SSSR count). The lowest BCUT2D eigenvalue weighted by Crippen LogP contribution is -2.17. The standard InChI is InChI=1S/C16H28/c1-14(2)15-9-5-8-12-16(13-15)10-6-3-4-7-11-16/h13-14H,3-12H2,1-2H3. The summed E-state index contributed by atoms with van der Waals surface area (Å²) in [7, 11) is 0. The van der Waals surface area contributed by atoms with Gasteiger partial charge >= 0.3 is 0 Å². The maximum Gasteiger partial charge on any atom is -0.0115 e. The normalized spacial score (nSPS) is 26.3. The largest absolute Gasteiger partial charge is 0.0788 e. The Balaban J connectivity index is 2.18. The zero-order valence-corrected chi connectivity index (χ0v) is 11.2. The van der Waals surface area contributed by atoms with Crippen molar-refractivity contribution in [2.24, 2.45) is 11.3 Å². The van der Waals surface area contributed by atoms with E-state index in [-0.39, 0.29) is 0 Å². The van der Waals surface area contributed by atoms with Gasteiger partial charge in [-0.25, -0.2) is 0 Å². The van der Waals surface area contributed by atoms with Crippen LogP contribution < -0.4 is 0 Å². The van der Waals surface area contributed by atoms with E-state index in [1.165, 1.54) is 64.2 Å². The van der Waals surface area contributed by atoms with Crippen molar-refractivity contribution in [3.8, 4) is 0 Å². The number of hydrogen-bond acceptors (Lipinski definition) is 0. The smallest absolute Gasteiger partial charge is 0.0115 e. The highest BCUT2D eigenvalue weighted by Crippen LogP contribution is 2.44. The lowest BCUT2D eigenvalue weighted by Gasteiger charge is -2.30. The predicted octanol–water partition coefficient (Wildman–Crippen LogP) is 5.48. The Kier molecular flexibility index (Phi) is 4.10. The van der Waals surface area contributed by atoms with Gasteiger partial charge in [-0.3, -0.25) is 0 Å². The molecule has 0 aliphatic heterocycles. The molecule has 0 aromatic heterocycles. The average molecular weight is 220 g/mol. The third kappa shape index (κ3) is 2.90. The summed E-state index contributed by atoms with van der Waals surface area (Å²) < 4.78 is 0. The highest BCUT2D eigenvalue weighted by atomic mass is 14.4. The van der Waals surface area contributed by atoms with Crippen LogP contribution in [0, 0.1) is 11.3 Å². The molecule has 92 valence electrons. The molecule has 0 unspecified atom stereocenters. The molecule has 0 bridgehead atoms. The van der Waals surface area contributed by atoms with Gasteiger partial charge < -0.3 is 0 Å². The van der Waals surface area contributed by atoms with Crippen LogP contribution in [0.3, 0.4) is 0 Å². The molecule has 1 saturated carbocycles. The fraction of sp³-hybridized carbons (Fsp3) is 0.875. The van der Waals surface area contributed by atoms with E-state index in [0.29, 0.717) is 5.41 Å². The Hall–Kier alpha value is -0.260. The number of hydrogen-bond donors (Lipinski definition) is 0. The molecule has 0 radical (unpaired) electrons. The van der Waals surface area contributed by atoms with Crippen molar-refractivity contribution in [3.63, 3.8) is 0 Å². The molecule has 0 saturated heterocycles. The lowest BCUT2D eigenvalue weighted by molar-refractivity contribution is 0.297. The minimum absolute atomic E-state index is 0.618. The lowest BCUT2D eigenvalue weighted by atomic mass is 9.75. The van der Waals surface area contributed by atoms with Crippen molar-refractivity contribution >= 4 is 0 Å². The molecule has 1 fully saturated rings. The van der Waals surface area contributed by atoms with Gasteiger partial charge in [-0.2, -0.15) is 0 Å². The van der Waals surface area contributed by atoms with Crippen molar-refractivity contribution in [2.75, 3.05) is 0 Å². The van der Waals surface area contributed by atoms with Crippen LogP contribution >= 0.6 is 0 Å². The van der Waals surface area contributed by atoms with Gasteiger partial charge in [-0.1, -0.05) is 57.6 Å². The van der Waals surface area contributed by atoms with E-state index in [2.05, 4.69) is 19.9 Å². The van der Waals surface area contributed by atoms with E-state index in [0.717, 1.165) is 5.92 Å². The highest BCUT2D eigenvalue weighted by Gasteiger charge is 2.30. The van der Waals surface area contributed by atoms with Crippen LogP contribution in [0.25, 0.3) is 0 Å². The van der Waals surface area contributed by atoms with Gasteiger partial charge in [0.15, 0.2) is 0 Å². The van der Waals surface area contributed by atoms with E-state index < -0.39 is 0 Å². The molecular weight excluding hydrogens is 192 g/mol. The van der Waals surface area contributed by atoms with E-state index in [4.69, 9.17) is 0 Å². The first-order valence-electron chi connectivity index (χ1n) is 7.43. The first-order valence-corrected chi connectivity index (χ1v) is 7.43. The molecule has 1 spiro atoms. The SMILES string of the molecule is CC(C)C1=CC2(CCCCCC2)CCCC1. The van der Waals surface area contributed by atoms with Gasteiger partial charge in [0.1, 0.15) is 0 Å². The zero-order valence-electron chi connectivity index (χ0n) is 11.2. The molecule has 0 N–H and O–H groups in total. The summed E-state index contributed by atoms with van der Waals surface area (Å²) in [5, 5.41) is 0. The fourth-order valence-electron chi connectivity index (χ4n) is 3.63. The first kappa shape index (κ1) is 12.2. The first-order chi connectivity index (χ1) is 7.72. The topological polar surface area (TPSA) is 0 Å². The predicted molar refractivity (Wildman–Crippen MR) is 71.5 cm³/mol. The molecular formula is C16H28. The summed E-state index contributed by atoms with van der Waals surface area (Å²) in [6, 6.07) is 0. The maximum atomic E-state index is 2.73. The molecule has 16 heavy (non-hydrogen) atoms. The van der Waals surface area contributed by atoms with Gasteiger partial charge in [-0.05, 0) is 43.4 Å². The highest BCUT2D eigenvalue weighted by molar-refractivity contribution is 5.14. The van der Waals surface area contributed by atoms with Crippen molar-refractivity contribution < 1.29 is 0 Å². The third-order valence-electron chi connectivity index (χ3n) is 4.72. The van der Waals surface area contributed by atoms with Crippen LogP contribution in [0.4, 0.5) is 0 Å². The van der Waals surface area contributed by atoms with Crippen LogP contribution in [0.5, 0.6) is 0 Å². The van der Waals surface area contributed by atoms with Gasteiger partial charge in [0.05, 0.1) is 0 Å². The van der Waals surface area contributed by atoms with E-state index >= 15 is 0 Å². The molecule has 0 atom stereocenters. The Labute approximate surface area is 102 Å². The summed E-state index contributed by atoms with van der Waals surface area (Å²) in [4.78, 5) is 0. The van der Waals surface area contributed by atoms with Gasteiger partial charge in [0, 0.05) is 0 Å². The molecule has 0 aromatic rings. The van der Waals surface area contributed by atoms with Crippen molar-refractivity contribution in [3.05, 3.63) is 11.6 Å². The second kappa shape index (κ2) is 5.38. The zero-order chi connectivity index (χ0) is 11.4. The van der Waals surface area contributed by atoms with E-state index in [1.807, 2.05) is 0 Å². The summed E-state index contributed by atoms with van der Waals surface area (Å²) in [6.07, 6.45) is 17.3. The Morgan fingerprint density at radius 3 is 2.00 bits per heavy atom. The molecule has 2 aliphatic rings. The molecule has 0 nitrogen and oxygen atoms in total. The maximum absolute atomic E-state index is 2.73. The summed E-state index contributed by atoms with van der Waals surface area (Å²) in [6.45, 7) is 4.75. The van der Waals surface area contributed by atoms with Crippen LogP contribution in [0.15, 0.2) is 11.6 Å². The molecule has 0 heteroatoms. The summed E-state index contributed by atoms with van der Waals surface area (Å²) >= 11 is 0. The van der Waals surface area contributed by atoms with E-state index in [1.54, 1.807) is 5.57 Å². The van der Waals surface area contributed by atoms with Gasteiger partial charge in [-0.15, -0.1) is 0 Å². The van der Waals surface area contributed by atoms with Crippen LogP contribution in [0.2, 0.25) is 0 Å². The monoisotopic (exact) mass is 220 g/mol. The number of rotatable bonds is 1. The molecule has 0 aromatic carbocycles. The number of allylic oxidation sites excluding steroid dienone is 2. The fourth-order valence-corrected chi connectivity index (χ4v) is 3.63. The Bertz CT molecular complexity index is 239. The third-order valence-corrected chi connectivity index (χ3v) is 4.72. The minimum Gasteiger partial charge on any atom is -0.0788 e. The minimum atomic E-state index is 0.618. The van der Waals surface area contributed by atoms with E-state index in [9.17, 15) is 0 Å². The molecule has 0 heterocycles. The summed E-state index contributed by atoms with van der Waals surface area (Å²) in [5.74, 6) is 0.776. The average Bonchev–Trinajstić information content (AvgIpc) is 2.60. The molecule has 0 amide bonds. The second-order valence-corrected chi connectivity index (χ2v) is 6.36. The van der Waals surface area contributed by atoms with Crippen LogP contribution in [-0.2, 0) is 0 Å².